The van der Waals surface area contributed by atoms with Gasteiger partial charge in [0.25, 0.3) is 0 Å². The highest BCUT2D eigenvalue weighted by atomic mass is 15.3. The van der Waals surface area contributed by atoms with Crippen LogP contribution in [0.3, 0.4) is 0 Å². The fraction of sp³-hybridized carbons (Fsp3) is 0.667. The normalized spacial score (nSPS) is 23.2. The largest absolute Gasteiger partial charge is 0.310 e. The Kier molecular flexibility index (Phi) is 2.13. The summed E-state index contributed by atoms with van der Waals surface area (Å²) in [5.74, 6) is 0. The van der Waals surface area contributed by atoms with Crippen LogP contribution in [0.25, 0.3) is 0 Å². The third kappa shape index (κ3) is 1.37. The molecule has 0 aliphatic carbocycles. The van der Waals surface area contributed by atoms with E-state index in [-0.39, 0.29) is 0 Å². The Morgan fingerprint density at radius 3 is 3.25 bits per heavy atom. The second-order valence-corrected chi connectivity index (χ2v) is 3.28. The van der Waals surface area contributed by atoms with Gasteiger partial charge in [0, 0.05) is 24.3 Å². The van der Waals surface area contributed by atoms with Crippen molar-refractivity contribution in [2.75, 3.05) is 6.54 Å². The van der Waals surface area contributed by atoms with Gasteiger partial charge in [0.15, 0.2) is 0 Å². The second kappa shape index (κ2) is 3.27. The second-order valence-electron chi connectivity index (χ2n) is 3.28. The maximum Gasteiger partial charge on any atom is 0.0537 e. The van der Waals surface area contributed by atoms with Crippen molar-refractivity contribution in [3.8, 4) is 0 Å². The van der Waals surface area contributed by atoms with Gasteiger partial charge in [-0.25, -0.2) is 0 Å². The molecule has 0 aromatic carbocycles. The predicted octanol–water partition coefficient (Wildman–Crippen LogP) is 1.33. The van der Waals surface area contributed by atoms with E-state index >= 15 is 0 Å². The summed E-state index contributed by atoms with van der Waals surface area (Å²) in [6.45, 7) is 4.23. The van der Waals surface area contributed by atoms with Crippen molar-refractivity contribution < 1.29 is 0 Å². The van der Waals surface area contributed by atoms with E-state index in [9.17, 15) is 0 Å². The van der Waals surface area contributed by atoms with Gasteiger partial charge in [-0.15, -0.1) is 0 Å². The summed E-state index contributed by atoms with van der Waals surface area (Å²) in [4.78, 5) is 0. The highest BCUT2D eigenvalue weighted by Gasteiger charge is 2.16. The molecule has 0 amide bonds. The van der Waals surface area contributed by atoms with E-state index in [1.165, 1.54) is 18.4 Å². The number of hydrogen-bond donors (Lipinski definition) is 1. The van der Waals surface area contributed by atoms with E-state index in [1.807, 2.05) is 10.9 Å². The lowest BCUT2D eigenvalue weighted by Crippen LogP contribution is -2.11. The molecular formula is C9H15N3. The number of rotatable bonds is 2. The molecule has 1 aliphatic heterocycles. The van der Waals surface area contributed by atoms with Crippen molar-refractivity contribution in [3.05, 3.63) is 18.0 Å². The summed E-state index contributed by atoms with van der Waals surface area (Å²) in [5, 5.41) is 7.71. The van der Waals surface area contributed by atoms with Crippen LogP contribution in [0.2, 0.25) is 0 Å². The van der Waals surface area contributed by atoms with E-state index in [4.69, 9.17) is 0 Å². The molecule has 1 atom stereocenters. The highest BCUT2D eigenvalue weighted by molar-refractivity contribution is 5.11. The molecule has 1 aliphatic rings. The average molecular weight is 165 g/mol. The van der Waals surface area contributed by atoms with Gasteiger partial charge in [-0.3, -0.25) is 4.68 Å². The number of aryl methyl sites for hydroxylation is 1. The van der Waals surface area contributed by atoms with Crippen LogP contribution in [0.5, 0.6) is 0 Å². The molecule has 66 valence electrons. The van der Waals surface area contributed by atoms with Gasteiger partial charge in [-0.05, 0) is 26.3 Å². The summed E-state index contributed by atoms with van der Waals surface area (Å²) < 4.78 is 1.98. The summed E-state index contributed by atoms with van der Waals surface area (Å²) in [6.07, 6.45) is 6.67. The van der Waals surface area contributed by atoms with Gasteiger partial charge in [0.05, 0.1) is 6.20 Å². The number of hydrogen-bond acceptors (Lipinski definition) is 2. The van der Waals surface area contributed by atoms with Gasteiger partial charge in [-0.1, -0.05) is 0 Å². The molecule has 2 heterocycles. The molecule has 3 nitrogen and oxygen atoms in total. The number of nitrogens with zero attached hydrogens (tertiary/aromatic N) is 2. The molecule has 2 rings (SSSR count). The molecular weight excluding hydrogens is 150 g/mol. The minimum Gasteiger partial charge on any atom is -0.310 e. The average Bonchev–Trinajstić information content (AvgIpc) is 2.75. The van der Waals surface area contributed by atoms with Crippen LogP contribution in [0, 0.1) is 0 Å². The number of aromatic nitrogens is 2. The topological polar surface area (TPSA) is 29.9 Å². The molecule has 0 bridgehead atoms. The summed E-state index contributed by atoms with van der Waals surface area (Å²) in [7, 11) is 0. The third-order valence-electron chi connectivity index (χ3n) is 2.44. The zero-order valence-electron chi connectivity index (χ0n) is 7.45. The van der Waals surface area contributed by atoms with Gasteiger partial charge < -0.3 is 5.32 Å². The fourth-order valence-electron chi connectivity index (χ4n) is 1.70. The third-order valence-corrected chi connectivity index (χ3v) is 2.44. The van der Waals surface area contributed by atoms with Crippen molar-refractivity contribution in [1.29, 1.82) is 0 Å². The lowest BCUT2D eigenvalue weighted by molar-refractivity contribution is 0.637. The molecule has 1 aromatic heterocycles. The fourth-order valence-corrected chi connectivity index (χ4v) is 1.70. The first-order valence-corrected chi connectivity index (χ1v) is 4.66. The number of nitrogens with one attached hydrogen (secondary N) is 1. The Balaban J connectivity index is 2.11. The maximum atomic E-state index is 4.26. The van der Waals surface area contributed by atoms with Crippen LogP contribution < -0.4 is 5.32 Å². The van der Waals surface area contributed by atoms with Crippen LogP contribution >= 0.6 is 0 Å². The molecule has 0 spiro atoms. The van der Waals surface area contributed by atoms with Crippen LogP contribution in [-0.2, 0) is 6.54 Å². The van der Waals surface area contributed by atoms with E-state index in [0.717, 1.165) is 13.1 Å². The first-order valence-electron chi connectivity index (χ1n) is 4.66. The van der Waals surface area contributed by atoms with Crippen LogP contribution in [-0.4, -0.2) is 16.3 Å². The quantitative estimate of drug-likeness (QED) is 0.716. The van der Waals surface area contributed by atoms with Crippen molar-refractivity contribution >= 4 is 0 Å². The van der Waals surface area contributed by atoms with E-state index in [1.54, 1.807) is 0 Å². The smallest absolute Gasteiger partial charge is 0.0537 e. The minimum absolute atomic E-state index is 0.560. The molecule has 1 saturated heterocycles. The Labute approximate surface area is 72.8 Å². The van der Waals surface area contributed by atoms with Gasteiger partial charge in [0.2, 0.25) is 0 Å². The zero-order valence-corrected chi connectivity index (χ0v) is 7.45. The molecule has 0 saturated carbocycles. The first kappa shape index (κ1) is 7.80. The van der Waals surface area contributed by atoms with E-state index in [2.05, 4.69) is 23.5 Å². The SMILES string of the molecule is CCn1cc([C@@H]2CCCN2)cn1. The molecule has 1 N–H and O–H groups in total. The highest BCUT2D eigenvalue weighted by Crippen LogP contribution is 2.21. The Morgan fingerprint density at radius 2 is 2.67 bits per heavy atom. The zero-order chi connectivity index (χ0) is 8.39. The standard InChI is InChI=1S/C9H15N3/c1-2-12-7-8(6-11-12)9-4-3-5-10-9/h6-7,9-10H,2-5H2,1H3/t9-/m0/s1. The summed E-state index contributed by atoms with van der Waals surface area (Å²) >= 11 is 0. The molecule has 0 radical (unpaired) electrons. The monoisotopic (exact) mass is 165 g/mol. The Hall–Kier alpha value is -0.830. The molecule has 1 aromatic rings. The molecule has 0 unspecified atom stereocenters. The van der Waals surface area contributed by atoms with Gasteiger partial charge >= 0.3 is 0 Å². The van der Waals surface area contributed by atoms with E-state index in [0.29, 0.717) is 6.04 Å². The van der Waals surface area contributed by atoms with Crippen LogP contribution in [0.1, 0.15) is 31.4 Å². The van der Waals surface area contributed by atoms with Gasteiger partial charge in [0.1, 0.15) is 0 Å². The van der Waals surface area contributed by atoms with Crippen LogP contribution in [0.4, 0.5) is 0 Å². The lowest BCUT2D eigenvalue weighted by atomic mass is 10.1. The van der Waals surface area contributed by atoms with Crippen molar-refractivity contribution in [2.45, 2.75) is 32.4 Å². The summed E-state index contributed by atoms with van der Waals surface area (Å²) in [6, 6.07) is 0.560. The van der Waals surface area contributed by atoms with Crippen molar-refractivity contribution in [2.24, 2.45) is 0 Å². The predicted molar refractivity (Wildman–Crippen MR) is 47.9 cm³/mol. The Bertz CT molecular complexity index is 248. The van der Waals surface area contributed by atoms with E-state index < -0.39 is 0 Å². The lowest BCUT2D eigenvalue weighted by Gasteiger charge is -2.05. The van der Waals surface area contributed by atoms with Gasteiger partial charge in [-0.2, -0.15) is 5.10 Å². The minimum atomic E-state index is 0.560. The van der Waals surface area contributed by atoms with Crippen LogP contribution in [0.15, 0.2) is 12.4 Å². The summed E-state index contributed by atoms with van der Waals surface area (Å²) in [5.41, 5.74) is 1.34. The van der Waals surface area contributed by atoms with Crippen molar-refractivity contribution in [3.63, 3.8) is 0 Å². The molecule has 1 fully saturated rings. The first-order chi connectivity index (χ1) is 5.90. The Morgan fingerprint density at radius 1 is 1.75 bits per heavy atom. The maximum absolute atomic E-state index is 4.26. The van der Waals surface area contributed by atoms with Crippen molar-refractivity contribution in [1.82, 2.24) is 15.1 Å². The molecule has 12 heavy (non-hydrogen) atoms. The molecule has 3 heteroatoms.